The van der Waals surface area contributed by atoms with E-state index in [0.717, 1.165) is 23.7 Å². The molecule has 2 aliphatic rings. The third-order valence-corrected chi connectivity index (χ3v) is 6.33. The average molecular weight is 241 g/mol. The lowest BCUT2D eigenvalue weighted by Crippen LogP contribution is -2.41. The second-order valence-electron chi connectivity index (χ2n) is 4.72. The highest BCUT2D eigenvalue weighted by molar-refractivity contribution is 7.85. The maximum absolute atomic E-state index is 12.0. The van der Waals surface area contributed by atoms with Gasteiger partial charge in [0.15, 0.2) is 0 Å². The smallest absolute Gasteiger partial charge is 0.0550 e. The quantitative estimate of drug-likeness (QED) is 0.691. The van der Waals surface area contributed by atoms with E-state index in [1.165, 1.54) is 18.4 Å². The van der Waals surface area contributed by atoms with Gasteiger partial charge in [-0.25, -0.2) is 0 Å². The average Bonchev–Trinajstić information content (AvgIpc) is 2.78. The molecule has 15 heavy (non-hydrogen) atoms. The van der Waals surface area contributed by atoms with E-state index in [1.54, 1.807) is 11.3 Å². The Balaban J connectivity index is 1.99. The Kier molecular flexibility index (Phi) is 2.27. The molecule has 0 radical (unpaired) electrons. The molecule has 1 aromatic heterocycles. The van der Waals surface area contributed by atoms with Crippen molar-refractivity contribution in [2.75, 3.05) is 25.9 Å². The largest absolute Gasteiger partial charge is 0.306 e. The number of piperidine rings is 1. The summed E-state index contributed by atoms with van der Waals surface area (Å²) in [5.74, 6) is 0.874. The number of nitrogens with zero attached hydrogens (tertiary/aromatic N) is 1. The molecule has 4 heteroatoms. The van der Waals surface area contributed by atoms with Crippen molar-refractivity contribution in [3.8, 4) is 0 Å². The van der Waals surface area contributed by atoms with E-state index < -0.39 is 10.8 Å². The Morgan fingerprint density at radius 1 is 1.40 bits per heavy atom. The lowest BCUT2D eigenvalue weighted by molar-refractivity contribution is 0.204. The molecule has 1 aromatic rings. The molecule has 0 aromatic carbocycles. The lowest BCUT2D eigenvalue weighted by atomic mass is 9.76. The van der Waals surface area contributed by atoms with Crippen LogP contribution >= 0.6 is 11.3 Å². The Morgan fingerprint density at radius 3 is 2.87 bits per heavy atom. The van der Waals surface area contributed by atoms with Gasteiger partial charge >= 0.3 is 0 Å². The van der Waals surface area contributed by atoms with Gasteiger partial charge in [0.05, 0.1) is 15.7 Å². The van der Waals surface area contributed by atoms with Crippen molar-refractivity contribution in [1.82, 2.24) is 4.90 Å². The molecular weight excluding hydrogens is 226 g/mol. The predicted octanol–water partition coefficient (Wildman–Crippen LogP) is 1.83. The zero-order chi connectivity index (χ0) is 10.5. The van der Waals surface area contributed by atoms with Crippen LogP contribution < -0.4 is 0 Å². The molecule has 0 aliphatic carbocycles. The molecule has 1 spiro atoms. The van der Waals surface area contributed by atoms with E-state index in [0.29, 0.717) is 0 Å². The van der Waals surface area contributed by atoms with Crippen LogP contribution in [0.3, 0.4) is 0 Å². The third kappa shape index (κ3) is 1.42. The number of rotatable bonds is 0. The number of likely N-dealkylation sites (tertiary alicyclic amines) is 1. The van der Waals surface area contributed by atoms with Crippen molar-refractivity contribution >= 4 is 22.1 Å². The molecule has 0 amide bonds. The van der Waals surface area contributed by atoms with Gasteiger partial charge in [0.2, 0.25) is 0 Å². The standard InChI is InChI=1S/C11H15NOS2/c1-12-4-2-11(3-5-12)8-15(13)10-7-14-6-9(10)11/h6-7H,2-5,8H2,1H3. The van der Waals surface area contributed by atoms with Crippen molar-refractivity contribution in [3.63, 3.8) is 0 Å². The maximum Gasteiger partial charge on any atom is 0.0550 e. The summed E-state index contributed by atoms with van der Waals surface area (Å²) < 4.78 is 12.0. The second-order valence-corrected chi connectivity index (χ2v) is 6.89. The molecule has 1 unspecified atom stereocenters. The van der Waals surface area contributed by atoms with Crippen LogP contribution in [0.15, 0.2) is 15.7 Å². The van der Waals surface area contributed by atoms with Gasteiger partial charge in [0.1, 0.15) is 0 Å². The first kappa shape index (κ1) is 10.00. The Morgan fingerprint density at radius 2 is 2.13 bits per heavy atom. The van der Waals surface area contributed by atoms with Crippen molar-refractivity contribution < 1.29 is 4.21 Å². The fourth-order valence-electron chi connectivity index (χ4n) is 2.71. The van der Waals surface area contributed by atoms with Gasteiger partial charge < -0.3 is 4.90 Å². The van der Waals surface area contributed by atoms with E-state index in [1.807, 2.05) is 0 Å². The van der Waals surface area contributed by atoms with Gasteiger partial charge in [-0.15, -0.1) is 0 Å². The molecule has 3 rings (SSSR count). The Labute approximate surface area is 96.7 Å². The van der Waals surface area contributed by atoms with Gasteiger partial charge in [-0.2, -0.15) is 11.3 Å². The first-order valence-electron chi connectivity index (χ1n) is 5.35. The van der Waals surface area contributed by atoms with Gasteiger partial charge in [0, 0.05) is 16.5 Å². The normalized spacial score (nSPS) is 29.5. The minimum atomic E-state index is -0.723. The van der Waals surface area contributed by atoms with E-state index in [9.17, 15) is 4.21 Å². The number of hydrogen-bond acceptors (Lipinski definition) is 3. The maximum atomic E-state index is 12.0. The molecule has 1 atom stereocenters. The van der Waals surface area contributed by atoms with Gasteiger partial charge in [-0.3, -0.25) is 4.21 Å². The first-order chi connectivity index (χ1) is 7.21. The van der Waals surface area contributed by atoms with E-state index >= 15 is 0 Å². The van der Waals surface area contributed by atoms with Gasteiger partial charge in [-0.1, -0.05) is 0 Å². The molecule has 82 valence electrons. The van der Waals surface area contributed by atoms with Gasteiger partial charge in [0.25, 0.3) is 0 Å². The summed E-state index contributed by atoms with van der Waals surface area (Å²) in [5, 5.41) is 4.31. The van der Waals surface area contributed by atoms with Crippen molar-refractivity contribution in [2.45, 2.75) is 23.2 Å². The zero-order valence-electron chi connectivity index (χ0n) is 8.86. The van der Waals surface area contributed by atoms with Crippen LogP contribution in [-0.2, 0) is 16.2 Å². The summed E-state index contributed by atoms with van der Waals surface area (Å²) in [6, 6.07) is 0. The highest BCUT2D eigenvalue weighted by Crippen LogP contribution is 2.46. The van der Waals surface area contributed by atoms with Crippen LogP contribution in [0.1, 0.15) is 18.4 Å². The summed E-state index contributed by atoms with van der Waals surface area (Å²) in [5.41, 5.74) is 1.66. The highest BCUT2D eigenvalue weighted by Gasteiger charge is 2.44. The van der Waals surface area contributed by atoms with Crippen LogP contribution in [0.25, 0.3) is 0 Å². The molecule has 2 nitrogen and oxygen atoms in total. The minimum absolute atomic E-state index is 0.257. The number of thiophene rings is 1. The molecule has 0 saturated carbocycles. The minimum Gasteiger partial charge on any atom is -0.306 e. The van der Waals surface area contributed by atoms with Crippen LogP contribution in [0.5, 0.6) is 0 Å². The summed E-state index contributed by atoms with van der Waals surface area (Å²) in [7, 11) is 1.45. The molecule has 0 N–H and O–H groups in total. The fourth-order valence-corrected chi connectivity index (χ4v) is 5.84. The summed E-state index contributed by atoms with van der Waals surface area (Å²) >= 11 is 1.71. The van der Waals surface area contributed by atoms with Crippen LogP contribution in [0.4, 0.5) is 0 Å². The first-order valence-corrected chi connectivity index (χ1v) is 7.61. The third-order valence-electron chi connectivity index (χ3n) is 3.79. The van der Waals surface area contributed by atoms with E-state index in [2.05, 4.69) is 22.7 Å². The van der Waals surface area contributed by atoms with Crippen molar-refractivity contribution in [3.05, 3.63) is 16.3 Å². The lowest BCUT2D eigenvalue weighted by Gasteiger charge is -2.37. The number of hydrogen-bond donors (Lipinski definition) is 0. The zero-order valence-corrected chi connectivity index (χ0v) is 10.5. The monoisotopic (exact) mass is 241 g/mol. The van der Waals surface area contributed by atoms with E-state index in [-0.39, 0.29) is 5.41 Å². The SMILES string of the molecule is CN1CCC2(CC1)CS(=O)c1cscc12. The van der Waals surface area contributed by atoms with E-state index in [4.69, 9.17) is 0 Å². The van der Waals surface area contributed by atoms with Gasteiger partial charge in [-0.05, 0) is 43.9 Å². The van der Waals surface area contributed by atoms with Crippen molar-refractivity contribution in [1.29, 1.82) is 0 Å². The summed E-state index contributed by atoms with van der Waals surface area (Å²) in [4.78, 5) is 3.50. The molecule has 1 fully saturated rings. The molecule has 2 aliphatic heterocycles. The Hall–Kier alpha value is -0.190. The number of fused-ring (bicyclic) bond motifs is 2. The highest BCUT2D eigenvalue weighted by atomic mass is 32.2. The second kappa shape index (κ2) is 3.40. The molecule has 3 heterocycles. The van der Waals surface area contributed by atoms with Crippen molar-refractivity contribution in [2.24, 2.45) is 0 Å². The summed E-state index contributed by atoms with van der Waals surface area (Å²) in [6.07, 6.45) is 2.36. The molecule has 1 saturated heterocycles. The topological polar surface area (TPSA) is 20.3 Å². The molecule has 0 bridgehead atoms. The molecular formula is C11H15NOS2. The summed E-state index contributed by atoms with van der Waals surface area (Å²) in [6.45, 7) is 2.29. The fraction of sp³-hybridized carbons (Fsp3) is 0.636. The van der Waals surface area contributed by atoms with Crippen LogP contribution in [0.2, 0.25) is 0 Å². The Bertz CT molecular complexity index is 404. The van der Waals surface area contributed by atoms with Crippen LogP contribution in [0, 0.1) is 0 Å². The van der Waals surface area contributed by atoms with Crippen LogP contribution in [-0.4, -0.2) is 35.0 Å². The predicted molar refractivity (Wildman–Crippen MR) is 64.0 cm³/mol.